The van der Waals surface area contributed by atoms with Crippen LogP contribution in [0.15, 0.2) is 0 Å². The van der Waals surface area contributed by atoms with Crippen LogP contribution in [0.4, 0.5) is 0 Å². The van der Waals surface area contributed by atoms with E-state index in [1.807, 2.05) is 0 Å². The van der Waals surface area contributed by atoms with Gasteiger partial charge in [0.2, 0.25) is 11.8 Å². The smallest absolute Gasteiger partial charge is 0.242 e. The summed E-state index contributed by atoms with van der Waals surface area (Å²) in [7, 11) is 0. The fourth-order valence-corrected chi connectivity index (χ4v) is 5.08. The number of fused-ring (bicyclic) bond motifs is 2. The Bertz CT molecular complexity index is 448. The van der Waals surface area contributed by atoms with Gasteiger partial charge in [-0.3, -0.25) is 9.59 Å². The van der Waals surface area contributed by atoms with E-state index in [4.69, 9.17) is 5.73 Å². The van der Waals surface area contributed by atoms with Gasteiger partial charge in [0.05, 0.1) is 0 Å². The summed E-state index contributed by atoms with van der Waals surface area (Å²) in [4.78, 5) is 24.9. The van der Waals surface area contributed by atoms with E-state index in [9.17, 15) is 9.59 Å². The fourth-order valence-electron chi connectivity index (χ4n) is 5.08. The lowest BCUT2D eigenvalue weighted by molar-refractivity contribution is -0.132. The minimum absolute atomic E-state index is 0.0310. The van der Waals surface area contributed by atoms with E-state index in [0.29, 0.717) is 11.8 Å². The topological polar surface area (TPSA) is 84.2 Å². The van der Waals surface area contributed by atoms with Crippen LogP contribution in [0.1, 0.15) is 71.1 Å². The second-order valence-corrected chi connectivity index (χ2v) is 8.28. The molecule has 2 amide bonds. The van der Waals surface area contributed by atoms with E-state index in [1.54, 1.807) is 6.92 Å². The van der Waals surface area contributed by atoms with Crippen LogP contribution in [0.25, 0.3) is 0 Å². The van der Waals surface area contributed by atoms with Crippen molar-refractivity contribution < 1.29 is 9.59 Å². The summed E-state index contributed by atoms with van der Waals surface area (Å²) in [5.41, 5.74) is 6.16. The lowest BCUT2D eigenvalue weighted by Gasteiger charge is -2.45. The summed E-state index contributed by atoms with van der Waals surface area (Å²) in [6.45, 7) is 1.81. The van der Waals surface area contributed by atoms with Crippen molar-refractivity contribution in [3.63, 3.8) is 0 Å². The summed E-state index contributed by atoms with van der Waals surface area (Å²) in [6, 6.07) is 0.0905. The summed E-state index contributed by atoms with van der Waals surface area (Å²) < 4.78 is 0. The lowest BCUT2D eigenvalue weighted by Crippen LogP contribution is -2.57. The average molecular weight is 335 g/mol. The van der Waals surface area contributed by atoms with E-state index in [2.05, 4.69) is 10.6 Å². The number of hydrogen-bond acceptors (Lipinski definition) is 3. The summed E-state index contributed by atoms with van der Waals surface area (Å²) in [6.07, 6.45) is 11.0. The number of carbonyl (C=O) groups excluding carboxylic acids is 2. The second kappa shape index (κ2) is 7.85. The van der Waals surface area contributed by atoms with Crippen molar-refractivity contribution in [1.29, 1.82) is 0 Å². The Balaban J connectivity index is 1.51. The molecule has 4 N–H and O–H groups in total. The highest BCUT2D eigenvalue weighted by Crippen LogP contribution is 2.39. The highest BCUT2D eigenvalue weighted by atomic mass is 16.2. The maximum absolute atomic E-state index is 12.6. The predicted octanol–water partition coefficient (Wildman–Crippen LogP) is 2.09. The Hall–Kier alpha value is -1.10. The number of rotatable bonds is 4. The number of hydrogen-bond donors (Lipinski definition) is 3. The van der Waals surface area contributed by atoms with E-state index >= 15 is 0 Å². The molecule has 0 aromatic rings. The van der Waals surface area contributed by atoms with Gasteiger partial charge in [0.15, 0.2) is 0 Å². The largest absolute Gasteiger partial charge is 0.351 e. The first-order valence-electron chi connectivity index (χ1n) is 9.91. The molecule has 0 heterocycles. The van der Waals surface area contributed by atoms with E-state index in [0.717, 1.165) is 51.4 Å². The molecule has 3 aliphatic carbocycles. The van der Waals surface area contributed by atoms with Gasteiger partial charge in [0, 0.05) is 18.0 Å². The molecule has 3 rings (SSSR count). The monoisotopic (exact) mass is 335 g/mol. The van der Waals surface area contributed by atoms with Crippen molar-refractivity contribution in [1.82, 2.24) is 10.6 Å². The first-order chi connectivity index (χ1) is 11.5. The van der Waals surface area contributed by atoms with Crippen molar-refractivity contribution in [2.75, 3.05) is 0 Å². The summed E-state index contributed by atoms with van der Waals surface area (Å²) >= 11 is 0. The quantitative estimate of drug-likeness (QED) is 0.735. The van der Waals surface area contributed by atoms with Gasteiger partial charge in [-0.2, -0.15) is 0 Å². The van der Waals surface area contributed by atoms with E-state index in [1.165, 1.54) is 12.8 Å². The molecule has 0 spiro atoms. The van der Waals surface area contributed by atoms with Gasteiger partial charge in [-0.05, 0) is 57.3 Å². The third-order valence-corrected chi connectivity index (χ3v) is 6.41. The maximum Gasteiger partial charge on any atom is 0.242 e. The van der Waals surface area contributed by atoms with Crippen molar-refractivity contribution in [3.05, 3.63) is 0 Å². The van der Waals surface area contributed by atoms with Gasteiger partial charge in [0.25, 0.3) is 0 Å². The molecular formula is C19H33N3O2. The van der Waals surface area contributed by atoms with Crippen LogP contribution < -0.4 is 16.4 Å². The third-order valence-electron chi connectivity index (χ3n) is 6.41. The molecular weight excluding hydrogens is 302 g/mol. The van der Waals surface area contributed by atoms with Crippen LogP contribution in [0.5, 0.6) is 0 Å². The molecule has 136 valence electrons. The standard InChI is InChI=1S/C19H33N3O2/c1-12(21-19(24)13-6-3-2-4-7-13)18(23)22-17-14-8-5-9-15(17)11-16(20)10-14/h12-17H,2-11,20H2,1H3,(H,21,24)(H,22,23)/t12-,14?,15?,16?,17?/m0/s1. The van der Waals surface area contributed by atoms with Crippen molar-refractivity contribution >= 4 is 11.8 Å². The molecule has 0 aromatic heterocycles. The molecule has 2 bridgehead atoms. The Morgan fingerprint density at radius 3 is 2.21 bits per heavy atom. The Labute approximate surface area is 145 Å². The van der Waals surface area contributed by atoms with Gasteiger partial charge in [-0.1, -0.05) is 25.7 Å². The summed E-state index contributed by atoms with van der Waals surface area (Å²) in [5.74, 6) is 1.15. The van der Waals surface area contributed by atoms with Crippen LogP contribution in [-0.2, 0) is 9.59 Å². The van der Waals surface area contributed by atoms with Crippen molar-refractivity contribution in [3.8, 4) is 0 Å². The first-order valence-corrected chi connectivity index (χ1v) is 9.91. The number of amides is 2. The normalized spacial score (nSPS) is 35.1. The highest BCUT2D eigenvalue weighted by Gasteiger charge is 2.40. The van der Waals surface area contributed by atoms with Crippen LogP contribution in [-0.4, -0.2) is 29.9 Å². The van der Waals surface area contributed by atoms with Gasteiger partial charge >= 0.3 is 0 Å². The molecule has 3 atom stereocenters. The highest BCUT2D eigenvalue weighted by molar-refractivity contribution is 5.88. The predicted molar refractivity (Wildman–Crippen MR) is 94.2 cm³/mol. The Morgan fingerprint density at radius 1 is 0.958 bits per heavy atom. The molecule has 5 heteroatoms. The first kappa shape index (κ1) is 17.7. The zero-order valence-electron chi connectivity index (χ0n) is 14.9. The van der Waals surface area contributed by atoms with Crippen LogP contribution in [0.2, 0.25) is 0 Å². The minimum atomic E-state index is -0.448. The molecule has 3 fully saturated rings. The Kier molecular flexibility index (Phi) is 5.80. The maximum atomic E-state index is 12.6. The molecule has 0 aromatic carbocycles. The molecule has 0 radical (unpaired) electrons. The molecule has 5 nitrogen and oxygen atoms in total. The third kappa shape index (κ3) is 4.11. The van der Waals surface area contributed by atoms with Crippen LogP contribution in [0.3, 0.4) is 0 Å². The number of nitrogens with one attached hydrogen (secondary N) is 2. The molecule has 0 aliphatic heterocycles. The molecule has 3 aliphatic rings. The average Bonchev–Trinajstić information content (AvgIpc) is 2.56. The lowest BCUT2D eigenvalue weighted by atomic mass is 9.67. The zero-order chi connectivity index (χ0) is 17.1. The van der Waals surface area contributed by atoms with Gasteiger partial charge in [-0.15, -0.1) is 0 Å². The fraction of sp³-hybridized carbons (Fsp3) is 0.895. The zero-order valence-corrected chi connectivity index (χ0v) is 14.9. The van der Waals surface area contributed by atoms with Gasteiger partial charge in [-0.25, -0.2) is 0 Å². The second-order valence-electron chi connectivity index (χ2n) is 8.28. The Morgan fingerprint density at radius 2 is 1.58 bits per heavy atom. The minimum Gasteiger partial charge on any atom is -0.351 e. The number of nitrogens with two attached hydrogens (primary N) is 1. The van der Waals surface area contributed by atoms with Crippen LogP contribution >= 0.6 is 0 Å². The molecule has 24 heavy (non-hydrogen) atoms. The number of carbonyl (C=O) groups is 2. The molecule has 2 unspecified atom stereocenters. The van der Waals surface area contributed by atoms with Gasteiger partial charge in [0.1, 0.15) is 6.04 Å². The molecule has 3 saturated carbocycles. The van der Waals surface area contributed by atoms with E-state index < -0.39 is 6.04 Å². The van der Waals surface area contributed by atoms with Crippen LogP contribution in [0, 0.1) is 17.8 Å². The van der Waals surface area contributed by atoms with Gasteiger partial charge < -0.3 is 16.4 Å². The van der Waals surface area contributed by atoms with Crippen molar-refractivity contribution in [2.24, 2.45) is 23.5 Å². The van der Waals surface area contributed by atoms with E-state index in [-0.39, 0.29) is 29.8 Å². The summed E-state index contributed by atoms with van der Waals surface area (Å²) in [5, 5.41) is 6.18. The SMILES string of the molecule is C[C@H](NC(=O)C1CCCCC1)C(=O)NC1C2CCCC1CC(N)C2. The van der Waals surface area contributed by atoms with Crippen molar-refractivity contribution in [2.45, 2.75) is 89.3 Å². The molecule has 0 saturated heterocycles.